The van der Waals surface area contributed by atoms with Gasteiger partial charge < -0.3 is 0 Å². The largest absolute Gasteiger partial charge is 0.299 e. The summed E-state index contributed by atoms with van der Waals surface area (Å²) in [7, 11) is 0. The molecule has 20 heavy (non-hydrogen) atoms. The molecule has 1 aliphatic rings. The zero-order valence-electron chi connectivity index (χ0n) is 11.5. The van der Waals surface area contributed by atoms with Gasteiger partial charge in [-0.25, -0.2) is 4.98 Å². The fourth-order valence-corrected chi connectivity index (χ4v) is 3.69. The summed E-state index contributed by atoms with van der Waals surface area (Å²) in [6, 6.07) is 10.2. The highest BCUT2D eigenvalue weighted by molar-refractivity contribution is 7.09. The van der Waals surface area contributed by atoms with Crippen molar-refractivity contribution in [3.05, 3.63) is 40.7 Å². The maximum Gasteiger partial charge on any atom is 0.136 e. The normalized spacial score (nSPS) is 19.8. The van der Waals surface area contributed by atoms with Crippen LogP contribution in [0.1, 0.15) is 37.1 Å². The standard InChI is InChI=1S/C17H19NOS/c19-16-10-6-2-5-9-14(16)11-17-18-15(12-20-17)13-7-3-1-4-8-13/h1,3-4,7-8,12,14H,2,5-6,9-11H2. The third-order valence-corrected chi connectivity index (χ3v) is 4.84. The maximum absolute atomic E-state index is 12.1. The summed E-state index contributed by atoms with van der Waals surface area (Å²) >= 11 is 1.68. The van der Waals surface area contributed by atoms with Gasteiger partial charge in [0.2, 0.25) is 0 Å². The lowest BCUT2D eigenvalue weighted by Gasteiger charge is -2.10. The van der Waals surface area contributed by atoms with E-state index in [1.54, 1.807) is 11.3 Å². The Kier molecular flexibility index (Phi) is 4.26. The molecule has 1 atom stereocenters. The van der Waals surface area contributed by atoms with Gasteiger partial charge in [0.25, 0.3) is 0 Å². The van der Waals surface area contributed by atoms with E-state index in [2.05, 4.69) is 17.5 Å². The number of aromatic nitrogens is 1. The molecule has 1 aromatic heterocycles. The molecular formula is C17H19NOS. The molecule has 0 amide bonds. The van der Waals surface area contributed by atoms with Gasteiger partial charge in [-0.2, -0.15) is 0 Å². The van der Waals surface area contributed by atoms with Crippen molar-refractivity contribution in [3.8, 4) is 11.3 Å². The molecule has 0 N–H and O–H groups in total. The smallest absolute Gasteiger partial charge is 0.136 e. The fraction of sp³-hybridized carbons (Fsp3) is 0.412. The first-order chi connectivity index (χ1) is 9.83. The summed E-state index contributed by atoms with van der Waals surface area (Å²) in [5, 5.41) is 3.20. The number of rotatable bonds is 3. The molecule has 1 fully saturated rings. The number of nitrogens with zero attached hydrogens (tertiary/aromatic N) is 1. The van der Waals surface area contributed by atoms with Crippen LogP contribution < -0.4 is 0 Å². The SMILES string of the molecule is O=C1CCCCCC1Cc1nc(-c2ccccc2)cs1. The van der Waals surface area contributed by atoms with E-state index < -0.39 is 0 Å². The summed E-state index contributed by atoms with van der Waals surface area (Å²) in [4.78, 5) is 16.8. The van der Waals surface area contributed by atoms with E-state index in [9.17, 15) is 4.79 Å². The molecule has 0 radical (unpaired) electrons. The van der Waals surface area contributed by atoms with Crippen molar-refractivity contribution in [1.29, 1.82) is 0 Å². The third kappa shape index (κ3) is 3.15. The first kappa shape index (κ1) is 13.5. The Morgan fingerprint density at radius 2 is 2.00 bits per heavy atom. The number of Topliss-reactive ketones (excluding diaryl/α,β-unsaturated/α-hetero) is 1. The topological polar surface area (TPSA) is 30.0 Å². The van der Waals surface area contributed by atoms with E-state index in [4.69, 9.17) is 4.98 Å². The van der Waals surface area contributed by atoms with Gasteiger partial charge in [0.1, 0.15) is 5.78 Å². The highest BCUT2D eigenvalue weighted by atomic mass is 32.1. The zero-order chi connectivity index (χ0) is 13.8. The van der Waals surface area contributed by atoms with Crippen LogP contribution in [-0.2, 0) is 11.2 Å². The zero-order valence-corrected chi connectivity index (χ0v) is 12.4. The minimum Gasteiger partial charge on any atom is -0.299 e. The van der Waals surface area contributed by atoms with Gasteiger partial charge in [-0.3, -0.25) is 4.79 Å². The van der Waals surface area contributed by atoms with Crippen molar-refractivity contribution in [2.75, 3.05) is 0 Å². The summed E-state index contributed by atoms with van der Waals surface area (Å²) < 4.78 is 0. The molecule has 3 rings (SSSR count). The van der Waals surface area contributed by atoms with E-state index in [-0.39, 0.29) is 5.92 Å². The van der Waals surface area contributed by atoms with Gasteiger partial charge in [-0.05, 0) is 12.8 Å². The van der Waals surface area contributed by atoms with Crippen LogP contribution in [0.5, 0.6) is 0 Å². The molecule has 0 saturated heterocycles. The lowest BCUT2D eigenvalue weighted by molar-refractivity contribution is -0.122. The number of thiazole rings is 1. The van der Waals surface area contributed by atoms with Crippen molar-refractivity contribution >= 4 is 17.1 Å². The summed E-state index contributed by atoms with van der Waals surface area (Å²) in [5.41, 5.74) is 2.19. The van der Waals surface area contributed by atoms with Crippen molar-refractivity contribution in [2.24, 2.45) is 5.92 Å². The van der Waals surface area contributed by atoms with Crippen LogP contribution >= 0.6 is 11.3 Å². The summed E-state index contributed by atoms with van der Waals surface area (Å²) in [6.07, 6.45) is 6.10. The minimum atomic E-state index is 0.201. The van der Waals surface area contributed by atoms with Crippen LogP contribution in [0.25, 0.3) is 11.3 Å². The average Bonchev–Trinajstić information content (AvgIpc) is 2.86. The quantitative estimate of drug-likeness (QED) is 0.777. The van der Waals surface area contributed by atoms with Crippen molar-refractivity contribution in [3.63, 3.8) is 0 Å². The molecule has 3 heteroatoms. The number of carbonyl (C=O) groups excluding carboxylic acids is 1. The van der Waals surface area contributed by atoms with Crippen molar-refractivity contribution in [1.82, 2.24) is 4.98 Å². The summed E-state index contributed by atoms with van der Waals surface area (Å²) in [5.74, 6) is 0.645. The predicted octanol–water partition coefficient (Wildman–Crippen LogP) is 4.50. The van der Waals surface area contributed by atoms with Crippen LogP contribution in [0, 0.1) is 5.92 Å². The van der Waals surface area contributed by atoms with E-state index >= 15 is 0 Å². The molecule has 0 spiro atoms. The van der Waals surface area contributed by atoms with Gasteiger partial charge >= 0.3 is 0 Å². The first-order valence-corrected chi connectivity index (χ1v) is 8.23. The molecule has 0 aliphatic heterocycles. The van der Waals surface area contributed by atoms with Gasteiger partial charge in [0.05, 0.1) is 10.7 Å². The Hall–Kier alpha value is -1.48. The van der Waals surface area contributed by atoms with Gasteiger partial charge in [-0.1, -0.05) is 43.2 Å². The molecular weight excluding hydrogens is 266 g/mol. The number of benzene rings is 1. The van der Waals surface area contributed by atoms with Crippen molar-refractivity contribution < 1.29 is 4.79 Å². The fourth-order valence-electron chi connectivity index (χ4n) is 2.80. The average molecular weight is 285 g/mol. The van der Waals surface area contributed by atoms with Crippen LogP contribution in [0.2, 0.25) is 0 Å². The molecule has 1 unspecified atom stereocenters. The first-order valence-electron chi connectivity index (χ1n) is 7.35. The molecule has 2 nitrogen and oxygen atoms in total. The Bertz CT molecular complexity index is 576. The number of ketones is 1. The second kappa shape index (κ2) is 6.31. The molecule has 104 valence electrons. The van der Waals surface area contributed by atoms with Crippen molar-refractivity contribution in [2.45, 2.75) is 38.5 Å². The summed E-state index contributed by atoms with van der Waals surface area (Å²) in [6.45, 7) is 0. The Morgan fingerprint density at radius 1 is 1.15 bits per heavy atom. The second-order valence-corrected chi connectivity index (χ2v) is 6.40. The van der Waals surface area contributed by atoms with Crippen LogP contribution in [0.15, 0.2) is 35.7 Å². The second-order valence-electron chi connectivity index (χ2n) is 5.46. The van der Waals surface area contributed by atoms with Gasteiger partial charge in [-0.15, -0.1) is 11.3 Å². The molecule has 1 heterocycles. The molecule has 1 saturated carbocycles. The molecule has 2 aromatic rings. The lowest BCUT2D eigenvalue weighted by Crippen LogP contribution is -2.15. The Labute approximate surface area is 123 Å². The predicted molar refractivity (Wildman–Crippen MR) is 82.8 cm³/mol. The lowest BCUT2D eigenvalue weighted by atomic mass is 9.96. The Morgan fingerprint density at radius 3 is 2.85 bits per heavy atom. The van der Waals surface area contributed by atoms with E-state index in [0.717, 1.165) is 41.9 Å². The third-order valence-electron chi connectivity index (χ3n) is 3.97. The van der Waals surface area contributed by atoms with E-state index in [0.29, 0.717) is 5.78 Å². The minimum absolute atomic E-state index is 0.201. The van der Waals surface area contributed by atoms with Gasteiger partial charge in [0, 0.05) is 29.7 Å². The molecule has 0 bridgehead atoms. The van der Waals surface area contributed by atoms with Crippen LogP contribution in [-0.4, -0.2) is 10.8 Å². The van der Waals surface area contributed by atoms with Gasteiger partial charge in [0.15, 0.2) is 0 Å². The highest BCUT2D eigenvalue weighted by Crippen LogP contribution is 2.27. The number of hydrogen-bond donors (Lipinski definition) is 0. The van der Waals surface area contributed by atoms with E-state index in [1.807, 2.05) is 18.2 Å². The number of carbonyl (C=O) groups is 1. The van der Waals surface area contributed by atoms with Crippen LogP contribution in [0.4, 0.5) is 0 Å². The van der Waals surface area contributed by atoms with E-state index in [1.165, 1.54) is 12.8 Å². The van der Waals surface area contributed by atoms with Crippen LogP contribution in [0.3, 0.4) is 0 Å². The monoisotopic (exact) mass is 285 g/mol. The molecule has 1 aromatic carbocycles. The molecule has 1 aliphatic carbocycles. The number of hydrogen-bond acceptors (Lipinski definition) is 3. The Balaban J connectivity index is 1.72. The highest BCUT2D eigenvalue weighted by Gasteiger charge is 2.22. The maximum atomic E-state index is 12.1.